The maximum atomic E-state index is 11.1. The number of nitrogens with zero attached hydrogens (tertiary/aromatic N) is 1. The summed E-state index contributed by atoms with van der Waals surface area (Å²) in [5, 5.41) is 8.94. The fourth-order valence-electron chi connectivity index (χ4n) is 0.836. The number of carbonyl (C=O) groups is 1. The lowest BCUT2D eigenvalue weighted by molar-refractivity contribution is -0.128. The van der Waals surface area contributed by atoms with Crippen LogP contribution in [0.15, 0.2) is 0 Å². The summed E-state index contributed by atoms with van der Waals surface area (Å²) in [5.74, 6) is 0.0425. The zero-order chi connectivity index (χ0) is 8.69. The summed E-state index contributed by atoms with van der Waals surface area (Å²) in [6.45, 7) is 3.22. The van der Waals surface area contributed by atoms with Crippen LogP contribution in [0.2, 0.25) is 0 Å². The summed E-state index contributed by atoms with van der Waals surface area (Å²) in [7, 11) is 0. The van der Waals surface area contributed by atoms with Crippen molar-refractivity contribution in [3.05, 3.63) is 0 Å². The van der Waals surface area contributed by atoms with Gasteiger partial charge in [-0.25, -0.2) is 0 Å². The molecule has 0 bridgehead atoms. The first-order valence-corrected chi connectivity index (χ1v) is 4.83. The maximum Gasteiger partial charge on any atom is 0.233 e. The molecule has 0 atom stereocenters. The third kappa shape index (κ3) is 4.37. The topological polar surface area (TPSA) is 40.5 Å². The molecule has 0 aromatic carbocycles. The van der Waals surface area contributed by atoms with E-state index in [1.807, 2.05) is 6.92 Å². The maximum absolute atomic E-state index is 11.1. The van der Waals surface area contributed by atoms with Crippen molar-refractivity contribution in [2.75, 3.05) is 25.0 Å². The fourth-order valence-corrected chi connectivity index (χ4v) is 1.19. The zero-order valence-corrected chi connectivity index (χ0v) is 8.30. The molecule has 0 fully saturated rings. The second-order valence-electron chi connectivity index (χ2n) is 2.24. The summed E-state index contributed by atoms with van der Waals surface area (Å²) < 4.78 is 0. The van der Waals surface area contributed by atoms with Crippen LogP contribution in [-0.2, 0) is 4.79 Å². The molecule has 0 heterocycles. The van der Waals surface area contributed by atoms with Gasteiger partial charge in [-0.2, -0.15) is 0 Å². The molecule has 1 amide bonds. The number of carbonyl (C=O) groups excluding carboxylic acids is 1. The Hall–Kier alpha value is -0.0900. The molecular weight excluding hydrogens is 210 g/mol. The predicted molar refractivity (Wildman–Crippen MR) is 47.8 cm³/mol. The van der Waals surface area contributed by atoms with E-state index in [1.54, 1.807) is 4.90 Å². The van der Waals surface area contributed by atoms with Crippen LogP contribution in [0.5, 0.6) is 0 Å². The molecule has 0 saturated heterocycles. The van der Waals surface area contributed by atoms with Crippen molar-refractivity contribution in [2.24, 2.45) is 0 Å². The van der Waals surface area contributed by atoms with Crippen LogP contribution >= 0.6 is 15.9 Å². The number of aliphatic hydroxyl groups is 1. The van der Waals surface area contributed by atoms with Crippen molar-refractivity contribution < 1.29 is 9.90 Å². The molecular formula is C7H14BrNO2. The van der Waals surface area contributed by atoms with Crippen LogP contribution in [0, 0.1) is 0 Å². The predicted octanol–water partition coefficient (Wildman–Crippen LogP) is 0.612. The number of alkyl halides is 1. The average Bonchev–Trinajstić information content (AvgIpc) is 2.03. The number of hydrogen-bond acceptors (Lipinski definition) is 2. The summed E-state index contributed by atoms with van der Waals surface area (Å²) in [5.41, 5.74) is 0. The monoisotopic (exact) mass is 223 g/mol. The average molecular weight is 224 g/mol. The molecule has 0 spiro atoms. The third-order valence-corrected chi connectivity index (χ3v) is 1.81. The third-order valence-electron chi connectivity index (χ3n) is 1.33. The van der Waals surface area contributed by atoms with E-state index in [2.05, 4.69) is 15.9 Å². The minimum atomic E-state index is 0.0404. The second kappa shape index (κ2) is 6.61. The zero-order valence-electron chi connectivity index (χ0n) is 6.72. The Morgan fingerprint density at radius 2 is 2.18 bits per heavy atom. The van der Waals surface area contributed by atoms with Crippen molar-refractivity contribution in [1.29, 1.82) is 0 Å². The summed E-state index contributed by atoms with van der Waals surface area (Å²) in [6.07, 6.45) is 0.929. The summed E-state index contributed by atoms with van der Waals surface area (Å²) in [6, 6.07) is 0. The van der Waals surface area contributed by atoms with Gasteiger partial charge in [-0.15, -0.1) is 0 Å². The summed E-state index contributed by atoms with van der Waals surface area (Å²) >= 11 is 3.08. The lowest BCUT2D eigenvalue weighted by Crippen LogP contribution is -2.34. The van der Waals surface area contributed by atoms with Gasteiger partial charge in [0.15, 0.2) is 0 Å². The standard InChI is InChI=1S/C7H14BrNO2/c1-2-3-9(4-5-10)7(11)6-8/h10H,2-6H2,1H3. The molecule has 0 aromatic heterocycles. The lowest BCUT2D eigenvalue weighted by atomic mass is 10.4. The first-order chi connectivity index (χ1) is 5.26. The molecule has 3 nitrogen and oxygen atoms in total. The van der Waals surface area contributed by atoms with Crippen molar-refractivity contribution in [3.63, 3.8) is 0 Å². The Labute approximate surface area is 75.5 Å². The Morgan fingerprint density at radius 1 is 1.55 bits per heavy atom. The van der Waals surface area contributed by atoms with E-state index < -0.39 is 0 Å². The molecule has 11 heavy (non-hydrogen) atoms. The van der Waals surface area contributed by atoms with Crippen molar-refractivity contribution >= 4 is 21.8 Å². The van der Waals surface area contributed by atoms with Gasteiger partial charge in [0.1, 0.15) is 0 Å². The Morgan fingerprint density at radius 3 is 2.55 bits per heavy atom. The quantitative estimate of drug-likeness (QED) is 0.695. The fraction of sp³-hybridized carbons (Fsp3) is 0.857. The number of rotatable bonds is 5. The van der Waals surface area contributed by atoms with Crippen LogP contribution in [0.3, 0.4) is 0 Å². The second-order valence-corrected chi connectivity index (χ2v) is 2.80. The normalized spacial score (nSPS) is 9.73. The Kier molecular flexibility index (Phi) is 6.56. The Bertz CT molecular complexity index is 113. The molecule has 0 aromatic rings. The number of amides is 1. The van der Waals surface area contributed by atoms with Crippen LogP contribution in [0.25, 0.3) is 0 Å². The molecule has 0 radical (unpaired) electrons. The van der Waals surface area contributed by atoms with Gasteiger partial charge in [-0.1, -0.05) is 22.9 Å². The van der Waals surface area contributed by atoms with Gasteiger partial charge in [0.2, 0.25) is 5.91 Å². The number of hydrogen-bond donors (Lipinski definition) is 1. The highest BCUT2D eigenvalue weighted by Crippen LogP contribution is 1.94. The molecule has 0 aliphatic rings. The van der Waals surface area contributed by atoms with Crippen LogP contribution < -0.4 is 0 Å². The summed E-state index contributed by atoms with van der Waals surface area (Å²) in [4.78, 5) is 12.7. The van der Waals surface area contributed by atoms with Gasteiger partial charge >= 0.3 is 0 Å². The van der Waals surface area contributed by atoms with Crippen LogP contribution in [0.4, 0.5) is 0 Å². The highest BCUT2D eigenvalue weighted by atomic mass is 79.9. The van der Waals surface area contributed by atoms with E-state index in [0.717, 1.165) is 13.0 Å². The van der Waals surface area contributed by atoms with Gasteiger partial charge < -0.3 is 10.0 Å². The van der Waals surface area contributed by atoms with E-state index in [-0.39, 0.29) is 12.5 Å². The van der Waals surface area contributed by atoms with Gasteiger partial charge in [0.25, 0.3) is 0 Å². The van der Waals surface area contributed by atoms with Gasteiger partial charge in [-0.3, -0.25) is 4.79 Å². The molecule has 0 saturated carbocycles. The largest absolute Gasteiger partial charge is 0.395 e. The highest BCUT2D eigenvalue weighted by Gasteiger charge is 2.08. The molecule has 0 aliphatic heterocycles. The van der Waals surface area contributed by atoms with E-state index in [1.165, 1.54) is 0 Å². The highest BCUT2D eigenvalue weighted by molar-refractivity contribution is 9.09. The molecule has 4 heteroatoms. The molecule has 0 unspecified atom stereocenters. The smallest absolute Gasteiger partial charge is 0.233 e. The first kappa shape index (κ1) is 10.9. The van der Waals surface area contributed by atoms with E-state index in [0.29, 0.717) is 11.9 Å². The lowest BCUT2D eigenvalue weighted by Gasteiger charge is -2.19. The number of halogens is 1. The van der Waals surface area contributed by atoms with Crippen molar-refractivity contribution in [2.45, 2.75) is 13.3 Å². The van der Waals surface area contributed by atoms with Gasteiger partial charge in [0, 0.05) is 13.1 Å². The van der Waals surface area contributed by atoms with E-state index in [4.69, 9.17) is 5.11 Å². The Balaban J connectivity index is 3.76. The van der Waals surface area contributed by atoms with Gasteiger partial charge in [0.05, 0.1) is 11.9 Å². The van der Waals surface area contributed by atoms with Crippen molar-refractivity contribution in [1.82, 2.24) is 4.90 Å². The molecule has 0 aliphatic carbocycles. The first-order valence-electron chi connectivity index (χ1n) is 3.70. The van der Waals surface area contributed by atoms with Gasteiger partial charge in [-0.05, 0) is 6.42 Å². The molecule has 0 rings (SSSR count). The minimum Gasteiger partial charge on any atom is -0.395 e. The van der Waals surface area contributed by atoms with Crippen LogP contribution in [-0.4, -0.2) is 40.9 Å². The van der Waals surface area contributed by atoms with E-state index >= 15 is 0 Å². The number of aliphatic hydroxyl groups excluding tert-OH is 1. The minimum absolute atomic E-state index is 0.0404. The SMILES string of the molecule is CCCN(CCO)C(=O)CBr. The van der Waals surface area contributed by atoms with Crippen molar-refractivity contribution in [3.8, 4) is 0 Å². The van der Waals surface area contributed by atoms with Crippen LogP contribution in [0.1, 0.15) is 13.3 Å². The molecule has 66 valence electrons. The van der Waals surface area contributed by atoms with E-state index in [9.17, 15) is 4.79 Å². The molecule has 1 N–H and O–H groups in total.